The summed E-state index contributed by atoms with van der Waals surface area (Å²) in [6.45, 7) is 6.57. The molecule has 1 aromatic carbocycles. The van der Waals surface area contributed by atoms with Crippen molar-refractivity contribution in [2.24, 2.45) is 5.92 Å². The first-order valence-corrected chi connectivity index (χ1v) is 10.6. The van der Waals surface area contributed by atoms with Gasteiger partial charge in [-0.2, -0.15) is 0 Å². The standard InChI is InChI=1S/C22H32N4O2/c1-3-25(4-2)21(27)16-26-19-11-8-7-10-18(19)24-20(26)12-6-5-9-15-23-22(28)17-13-14-17/h7-8,10-11,17H,3-6,9,12-16H2,1-2H3,(H,23,28). The molecule has 0 aliphatic heterocycles. The predicted molar refractivity (Wildman–Crippen MR) is 111 cm³/mol. The topological polar surface area (TPSA) is 67.2 Å². The van der Waals surface area contributed by atoms with Crippen LogP contribution in [0.15, 0.2) is 24.3 Å². The molecule has 1 aliphatic carbocycles. The molecule has 1 aliphatic rings. The van der Waals surface area contributed by atoms with Gasteiger partial charge in [-0.15, -0.1) is 0 Å². The first-order chi connectivity index (χ1) is 13.6. The first-order valence-electron chi connectivity index (χ1n) is 10.6. The minimum absolute atomic E-state index is 0.136. The molecule has 3 rings (SSSR count). The normalized spacial score (nSPS) is 13.6. The Hall–Kier alpha value is -2.37. The molecule has 6 heteroatoms. The van der Waals surface area contributed by atoms with Gasteiger partial charge in [0.15, 0.2) is 0 Å². The van der Waals surface area contributed by atoms with Crippen molar-refractivity contribution in [1.29, 1.82) is 0 Å². The van der Waals surface area contributed by atoms with Crippen LogP contribution in [0.25, 0.3) is 11.0 Å². The number of carbonyl (C=O) groups is 2. The van der Waals surface area contributed by atoms with Gasteiger partial charge in [0, 0.05) is 32.0 Å². The van der Waals surface area contributed by atoms with Crippen LogP contribution >= 0.6 is 0 Å². The van der Waals surface area contributed by atoms with Crippen LogP contribution in [0.1, 0.15) is 51.8 Å². The second-order valence-electron chi connectivity index (χ2n) is 7.54. The third-order valence-corrected chi connectivity index (χ3v) is 5.47. The summed E-state index contributed by atoms with van der Waals surface area (Å²) < 4.78 is 2.07. The highest BCUT2D eigenvalue weighted by molar-refractivity contribution is 5.81. The average Bonchev–Trinajstić information content (AvgIpc) is 3.49. The lowest BCUT2D eigenvalue weighted by atomic mass is 10.2. The second-order valence-corrected chi connectivity index (χ2v) is 7.54. The van der Waals surface area contributed by atoms with E-state index in [1.54, 1.807) is 0 Å². The number of fused-ring (bicyclic) bond motifs is 1. The van der Waals surface area contributed by atoms with Crippen LogP contribution in [0.5, 0.6) is 0 Å². The van der Waals surface area contributed by atoms with Crippen molar-refractivity contribution in [3.05, 3.63) is 30.1 Å². The number of nitrogens with zero attached hydrogens (tertiary/aromatic N) is 3. The molecule has 2 amide bonds. The van der Waals surface area contributed by atoms with E-state index in [1.165, 1.54) is 0 Å². The lowest BCUT2D eigenvalue weighted by Gasteiger charge is -2.20. The number of rotatable bonds is 11. The Kier molecular flexibility index (Phi) is 7.06. The van der Waals surface area contributed by atoms with Crippen LogP contribution in [0.2, 0.25) is 0 Å². The number of hydrogen-bond donors (Lipinski definition) is 1. The molecule has 2 aromatic rings. The summed E-state index contributed by atoms with van der Waals surface area (Å²) >= 11 is 0. The fourth-order valence-electron chi connectivity index (χ4n) is 3.59. The summed E-state index contributed by atoms with van der Waals surface area (Å²) in [5.41, 5.74) is 1.97. The Bertz CT molecular complexity index is 806. The lowest BCUT2D eigenvalue weighted by Crippen LogP contribution is -2.33. The zero-order valence-corrected chi connectivity index (χ0v) is 17.1. The van der Waals surface area contributed by atoms with Crippen LogP contribution in [0.4, 0.5) is 0 Å². The Labute approximate surface area is 167 Å². The van der Waals surface area contributed by atoms with Gasteiger partial charge >= 0.3 is 0 Å². The van der Waals surface area contributed by atoms with Crippen LogP contribution in [0, 0.1) is 5.92 Å². The smallest absolute Gasteiger partial charge is 0.242 e. The minimum Gasteiger partial charge on any atom is -0.356 e. The van der Waals surface area contributed by atoms with Crippen molar-refractivity contribution >= 4 is 22.8 Å². The number of likely N-dealkylation sites (N-methyl/N-ethyl adjacent to an activating group) is 1. The van der Waals surface area contributed by atoms with Gasteiger partial charge in [0.1, 0.15) is 12.4 Å². The highest BCUT2D eigenvalue weighted by atomic mass is 16.2. The number of carbonyl (C=O) groups excluding carboxylic acids is 2. The third-order valence-electron chi connectivity index (χ3n) is 5.47. The van der Waals surface area contributed by atoms with Crippen LogP contribution < -0.4 is 5.32 Å². The first kappa shape index (κ1) is 20.4. The maximum Gasteiger partial charge on any atom is 0.242 e. The molecule has 1 heterocycles. The van der Waals surface area contributed by atoms with Crippen LogP contribution in [0.3, 0.4) is 0 Å². The van der Waals surface area contributed by atoms with E-state index in [2.05, 4.69) is 9.88 Å². The molecule has 152 valence electrons. The van der Waals surface area contributed by atoms with Gasteiger partial charge in [-0.25, -0.2) is 4.98 Å². The molecule has 0 atom stereocenters. The summed E-state index contributed by atoms with van der Waals surface area (Å²) in [5, 5.41) is 3.02. The molecule has 28 heavy (non-hydrogen) atoms. The fraction of sp³-hybridized carbons (Fsp3) is 0.591. The minimum atomic E-state index is 0.136. The molecule has 0 radical (unpaired) electrons. The number of imidazole rings is 1. The summed E-state index contributed by atoms with van der Waals surface area (Å²) in [5.74, 6) is 1.61. The molecule has 1 saturated carbocycles. The number of para-hydroxylation sites is 2. The van der Waals surface area contributed by atoms with Crippen molar-refractivity contribution in [3.63, 3.8) is 0 Å². The molecule has 1 aromatic heterocycles. The third kappa shape index (κ3) is 5.12. The van der Waals surface area contributed by atoms with E-state index >= 15 is 0 Å². The number of benzene rings is 1. The average molecular weight is 385 g/mol. The Balaban J connectivity index is 1.56. The van der Waals surface area contributed by atoms with Crippen LogP contribution in [-0.2, 0) is 22.6 Å². The highest BCUT2D eigenvalue weighted by Gasteiger charge is 2.28. The number of aryl methyl sites for hydroxylation is 1. The Morgan fingerprint density at radius 1 is 1.14 bits per heavy atom. The Morgan fingerprint density at radius 2 is 1.89 bits per heavy atom. The van der Waals surface area contributed by atoms with Gasteiger partial charge in [-0.05, 0) is 51.7 Å². The van der Waals surface area contributed by atoms with E-state index in [-0.39, 0.29) is 17.7 Å². The zero-order chi connectivity index (χ0) is 19.9. The zero-order valence-electron chi connectivity index (χ0n) is 17.1. The maximum absolute atomic E-state index is 12.6. The van der Waals surface area contributed by atoms with Crippen molar-refractivity contribution in [1.82, 2.24) is 19.8 Å². The summed E-state index contributed by atoms with van der Waals surface area (Å²) in [4.78, 5) is 30.9. The van der Waals surface area contributed by atoms with Crippen molar-refractivity contribution in [3.8, 4) is 0 Å². The summed E-state index contributed by atoms with van der Waals surface area (Å²) in [7, 11) is 0. The summed E-state index contributed by atoms with van der Waals surface area (Å²) in [6.07, 6.45) is 5.97. The quantitative estimate of drug-likeness (QED) is 0.605. The second kappa shape index (κ2) is 9.71. The molecule has 0 unspecified atom stereocenters. The number of nitrogens with one attached hydrogen (secondary N) is 1. The van der Waals surface area contributed by atoms with Gasteiger partial charge in [0.05, 0.1) is 11.0 Å². The molecular formula is C22H32N4O2. The van der Waals surface area contributed by atoms with Crippen molar-refractivity contribution in [2.75, 3.05) is 19.6 Å². The molecule has 1 N–H and O–H groups in total. The maximum atomic E-state index is 12.6. The Morgan fingerprint density at radius 3 is 2.61 bits per heavy atom. The predicted octanol–water partition coefficient (Wildman–Crippen LogP) is 3.14. The van der Waals surface area contributed by atoms with Gasteiger partial charge in [0.2, 0.25) is 11.8 Å². The monoisotopic (exact) mass is 384 g/mol. The van der Waals surface area contributed by atoms with E-state index < -0.39 is 0 Å². The molecule has 1 fully saturated rings. The van der Waals surface area contributed by atoms with Crippen molar-refractivity contribution < 1.29 is 9.59 Å². The lowest BCUT2D eigenvalue weighted by molar-refractivity contribution is -0.131. The van der Waals surface area contributed by atoms with Gasteiger partial charge < -0.3 is 14.8 Å². The van der Waals surface area contributed by atoms with Gasteiger partial charge in [-0.1, -0.05) is 18.6 Å². The molecule has 0 spiro atoms. The molecule has 6 nitrogen and oxygen atoms in total. The molecular weight excluding hydrogens is 352 g/mol. The van der Waals surface area contributed by atoms with E-state index in [1.807, 2.05) is 43.0 Å². The SMILES string of the molecule is CCN(CC)C(=O)Cn1c(CCCCCNC(=O)C2CC2)nc2ccccc21. The van der Waals surface area contributed by atoms with Gasteiger partial charge in [0.25, 0.3) is 0 Å². The molecule has 0 bridgehead atoms. The molecule has 0 saturated heterocycles. The van der Waals surface area contributed by atoms with E-state index in [9.17, 15) is 9.59 Å². The van der Waals surface area contributed by atoms with E-state index in [0.717, 1.165) is 75.0 Å². The van der Waals surface area contributed by atoms with Crippen LogP contribution in [-0.4, -0.2) is 45.9 Å². The van der Waals surface area contributed by atoms with Crippen molar-refractivity contribution in [2.45, 2.75) is 58.9 Å². The number of hydrogen-bond acceptors (Lipinski definition) is 3. The summed E-state index contributed by atoms with van der Waals surface area (Å²) in [6, 6.07) is 8.02. The number of unbranched alkanes of at least 4 members (excludes halogenated alkanes) is 2. The van der Waals surface area contributed by atoms with E-state index in [0.29, 0.717) is 6.54 Å². The number of amides is 2. The largest absolute Gasteiger partial charge is 0.356 e. The number of aromatic nitrogens is 2. The van der Waals surface area contributed by atoms with E-state index in [4.69, 9.17) is 4.98 Å². The highest BCUT2D eigenvalue weighted by Crippen LogP contribution is 2.28. The fourth-order valence-corrected chi connectivity index (χ4v) is 3.59. The van der Waals surface area contributed by atoms with Gasteiger partial charge in [-0.3, -0.25) is 9.59 Å².